The summed E-state index contributed by atoms with van der Waals surface area (Å²) >= 11 is 0. The Hall–Kier alpha value is -9.99. The smallest absolute Gasteiger partial charge is 0.286 e. The predicted octanol–water partition coefficient (Wildman–Crippen LogP) is 16.4. The summed E-state index contributed by atoms with van der Waals surface area (Å²) in [5.41, 5.74) is 26.3. The normalized spacial score (nSPS) is 10.2. The highest BCUT2D eigenvalue weighted by Crippen LogP contribution is 2.53. The molecule has 0 amide bonds. The van der Waals surface area contributed by atoms with E-state index in [2.05, 4.69) is 281 Å². The predicted molar refractivity (Wildman–Crippen MR) is 392 cm³/mol. The highest BCUT2D eigenvalue weighted by Gasteiger charge is 2.26. The van der Waals surface area contributed by atoms with Crippen LogP contribution >= 0.6 is 0 Å². The van der Waals surface area contributed by atoms with E-state index in [-0.39, 0.29) is 22.3 Å². The van der Waals surface area contributed by atoms with Crippen LogP contribution in [0.25, 0.3) is 111 Å². The summed E-state index contributed by atoms with van der Waals surface area (Å²) in [7, 11) is -20.3. The molecule has 0 atom stereocenters. The van der Waals surface area contributed by atoms with E-state index in [4.69, 9.17) is 51.5 Å². The molecule has 3 N–H and O–H groups in total. The van der Waals surface area contributed by atoms with E-state index in [1.165, 1.54) is 111 Å². The maximum Gasteiger partial charge on any atom is 0.425 e. The molecule has 0 aliphatic rings. The minimum Gasteiger partial charge on any atom is -0.286 e. The average molecular weight is 1440 g/mol. The summed E-state index contributed by atoms with van der Waals surface area (Å²) in [6.45, 7) is 4.32. The molecule has 0 spiro atoms. The van der Waals surface area contributed by atoms with E-state index in [9.17, 15) is 25.3 Å². The van der Waals surface area contributed by atoms with Gasteiger partial charge >= 0.3 is 31.8 Å². The van der Waals surface area contributed by atoms with Crippen molar-refractivity contribution in [3.8, 4) is 111 Å². The molecule has 0 unspecified atom stereocenters. The van der Waals surface area contributed by atoms with Crippen molar-refractivity contribution >= 4 is 62.2 Å². The molecule has 514 valence electrons. The number of aryl methyl sites for hydroxylation is 2. The van der Waals surface area contributed by atoms with Gasteiger partial charge in [-0.25, -0.2) is 0 Å². The van der Waals surface area contributed by atoms with Gasteiger partial charge in [0.05, 0.1) is 18.8 Å². The van der Waals surface area contributed by atoms with E-state index in [1.807, 2.05) is 0 Å². The molecule has 0 saturated carbocycles. The van der Waals surface area contributed by atoms with Crippen LogP contribution in [-0.2, 0) is 62.2 Å². The van der Waals surface area contributed by atoms with Crippen LogP contribution in [0.3, 0.4) is 0 Å². The molecule has 0 aliphatic heterocycles. The van der Waals surface area contributed by atoms with E-state index in [1.54, 1.807) is 0 Å². The van der Waals surface area contributed by atoms with Crippen molar-refractivity contribution in [3.63, 3.8) is 0 Å². The molecule has 0 fully saturated rings. The summed E-state index contributed by atoms with van der Waals surface area (Å²) in [5, 5.41) is 0. The van der Waals surface area contributed by atoms with Gasteiger partial charge < -0.3 is 0 Å². The van der Waals surface area contributed by atoms with Crippen LogP contribution in [0.2, 0.25) is 0 Å². The molecule has 98 heavy (non-hydrogen) atoms. The molecular weight excluding hydrogens is 1370 g/mol. The maximum absolute atomic E-state index is 9.19. The van der Waals surface area contributed by atoms with Crippen LogP contribution in [0.4, 0.5) is 0 Å². The third-order valence-corrected chi connectivity index (χ3v) is 13.3. The Bertz CT molecular complexity index is 4660. The van der Waals surface area contributed by atoms with Gasteiger partial charge in [0.15, 0.2) is 0 Å². The molecule has 18 nitrogen and oxygen atoms in total. The monoisotopic (exact) mass is 1440 g/mol. The minimum absolute atomic E-state index is 0. The van der Waals surface area contributed by atoms with Gasteiger partial charge in [0.1, 0.15) is 0 Å². The van der Waals surface area contributed by atoms with Gasteiger partial charge in [0.2, 0.25) is 0 Å². The van der Waals surface area contributed by atoms with Crippen molar-refractivity contribution in [1.82, 2.24) is 0 Å². The van der Waals surface area contributed by atoms with Crippen molar-refractivity contribution in [2.24, 2.45) is 0 Å². The Morgan fingerprint density at radius 2 is 0.347 bits per heavy atom. The molecule has 11 aromatic carbocycles. The summed E-state index contributed by atoms with van der Waals surface area (Å²) in [6, 6.07) is 98.1. The lowest BCUT2D eigenvalue weighted by atomic mass is 9.77. The van der Waals surface area contributed by atoms with E-state index in [0.717, 1.165) is 11.1 Å². The van der Waals surface area contributed by atoms with E-state index >= 15 is 0 Å². The van der Waals surface area contributed by atoms with Crippen LogP contribution in [0, 0.1) is 13.8 Å². The van der Waals surface area contributed by atoms with Gasteiger partial charge in [-0.1, -0.05) is 288 Å². The Morgan fingerprint density at radius 1 is 0.224 bits per heavy atom. The highest BCUT2D eigenvalue weighted by molar-refractivity contribution is 7.85. The number of rotatable bonds is 10. The summed E-state index contributed by atoms with van der Waals surface area (Å²) < 4.78 is 154. The molecule has 0 heterocycles. The van der Waals surface area contributed by atoms with Gasteiger partial charge in [0, 0.05) is 0 Å². The Kier molecular flexibility index (Phi) is 34.2. The maximum atomic E-state index is 9.19. The van der Waals surface area contributed by atoms with Crippen molar-refractivity contribution in [3.05, 3.63) is 278 Å². The lowest BCUT2D eigenvalue weighted by Crippen LogP contribution is -1.99. The molecule has 0 radical (unpaired) electrons. The first-order valence-electron chi connectivity index (χ1n) is 27.9. The third-order valence-electron chi connectivity index (χ3n) is 13.3. The Balaban J connectivity index is 0.000000932. The molecular formula is C74H74O18S6. The van der Waals surface area contributed by atoms with Gasteiger partial charge in [-0.2, -0.15) is 25.3 Å². The molecule has 11 aromatic rings. The Morgan fingerprint density at radius 3 is 0.520 bits per heavy atom. The fourth-order valence-electron chi connectivity index (χ4n) is 9.98. The lowest BCUT2D eigenvalue weighted by molar-refractivity contribution is 0.488. The fraction of sp³-hybridized carbons (Fsp3) is 0.108. The Labute approximate surface area is 579 Å². The number of hydrogen-bond acceptors (Lipinski definition) is 15. The van der Waals surface area contributed by atoms with Crippen molar-refractivity contribution in [2.75, 3.05) is 18.8 Å². The van der Waals surface area contributed by atoms with Gasteiger partial charge in [-0.3, -0.25) is 13.7 Å². The quantitative estimate of drug-likeness (QED) is 0.107. The van der Waals surface area contributed by atoms with Crippen molar-refractivity contribution in [1.29, 1.82) is 0 Å². The molecule has 0 aliphatic carbocycles. The van der Waals surface area contributed by atoms with Gasteiger partial charge in [0.25, 0.3) is 30.4 Å². The van der Waals surface area contributed by atoms with Crippen LogP contribution in [0.5, 0.6) is 0 Å². The van der Waals surface area contributed by atoms with E-state index in [0.29, 0.717) is 18.8 Å². The summed E-state index contributed by atoms with van der Waals surface area (Å²) in [5.74, 6) is 0. The second kappa shape index (κ2) is 39.9. The zero-order valence-corrected chi connectivity index (χ0v) is 56.2. The first-order chi connectivity index (χ1) is 44.8. The van der Waals surface area contributed by atoms with Gasteiger partial charge in [-0.15, -0.1) is 37.9 Å². The van der Waals surface area contributed by atoms with Crippen molar-refractivity contribution < 1.29 is 76.8 Å². The second-order valence-corrected chi connectivity index (χ2v) is 26.1. The largest absolute Gasteiger partial charge is 0.425 e. The zero-order valence-electron chi connectivity index (χ0n) is 51.3. The van der Waals surface area contributed by atoms with Crippen molar-refractivity contribution in [2.45, 2.75) is 36.1 Å². The van der Waals surface area contributed by atoms with Crippen LogP contribution in [0.15, 0.2) is 267 Å². The first-order valence-corrected chi connectivity index (χ1v) is 36.4. The topological polar surface area (TPSA) is 317 Å². The van der Waals surface area contributed by atoms with Gasteiger partial charge in [-0.05, 0) is 137 Å². The molecule has 0 bridgehead atoms. The molecule has 24 heteroatoms. The minimum atomic E-state index is -3.67. The van der Waals surface area contributed by atoms with Crippen LogP contribution in [-0.4, -0.2) is 95.6 Å². The molecule has 0 saturated heterocycles. The fourth-order valence-corrected chi connectivity index (χ4v) is 9.98. The van der Waals surface area contributed by atoms with E-state index < -0.39 is 62.2 Å². The first kappa shape index (κ1) is 84.1. The number of benzene rings is 11. The average Bonchev–Trinajstić information content (AvgIpc) is 0.742. The highest BCUT2D eigenvalue weighted by atomic mass is 32.2. The standard InChI is InChI=1S/C68H50.3CH4O3S.3CH4.3O3S/c1-47-33-37-51(38-34-47)61-45-59(49-21-9-3-10-22-49)65(67(55-29-17-7-18-30-55)63(61)53-25-13-5-14-26-53)57-41-43-58(44-42-57)66-60(50-23-11-4-12-24-50)46-62(52-39-35-48(2)36-40-52)64(54-27-15-6-16-28-54)68(66)56-31-19-8-20-32-56;3*1-5(2,3)4;;;;3*1-4(2)3/h3-46H,1-2H3;3*1H3,(H,2,3,4);3*1H4;;;. The third kappa shape index (κ3) is 28.4. The molecule has 11 rings (SSSR count). The molecule has 0 aromatic heterocycles. The number of hydrogen-bond donors (Lipinski definition) is 3. The second-order valence-electron chi connectivity index (χ2n) is 20.5. The lowest BCUT2D eigenvalue weighted by Gasteiger charge is -2.26. The van der Waals surface area contributed by atoms with Crippen LogP contribution in [0.1, 0.15) is 33.4 Å². The van der Waals surface area contributed by atoms with Crippen LogP contribution < -0.4 is 0 Å². The summed E-state index contributed by atoms with van der Waals surface area (Å²) in [6.07, 6.45) is 2.15. The SMILES string of the molecule is C.C.C.CS(=O)(=O)O.CS(=O)(=O)O.CS(=O)(=O)O.Cc1ccc(-c2cc(-c3ccccc3)c(-c3ccc(-c4c(-c5ccccc5)cc(-c5ccc(C)cc5)c(-c5ccccc5)c4-c4ccccc4)cc3)c(-c3ccccc3)c2-c2ccccc2)cc1.O=S(=O)=O.O=S(=O)=O.O=S(=O)=O. The summed E-state index contributed by atoms with van der Waals surface area (Å²) in [4.78, 5) is 0. The zero-order chi connectivity index (χ0) is 70.0.